The predicted molar refractivity (Wildman–Crippen MR) is 96.2 cm³/mol. The van der Waals surface area contributed by atoms with Gasteiger partial charge in [-0.25, -0.2) is 14.4 Å². The van der Waals surface area contributed by atoms with E-state index in [-0.39, 0.29) is 5.60 Å². The summed E-state index contributed by atoms with van der Waals surface area (Å²) in [7, 11) is 2.14. The van der Waals surface area contributed by atoms with E-state index in [1.54, 1.807) is 0 Å². The van der Waals surface area contributed by atoms with Gasteiger partial charge in [-0.1, -0.05) is 6.07 Å². The number of anilines is 1. The van der Waals surface area contributed by atoms with Crippen molar-refractivity contribution in [2.45, 2.75) is 37.5 Å². The Labute approximate surface area is 153 Å². The molecular formula is C19H24FN5O. The number of pyridine rings is 1. The van der Waals surface area contributed by atoms with E-state index in [9.17, 15) is 4.39 Å². The Morgan fingerprint density at radius 3 is 2.69 bits per heavy atom. The summed E-state index contributed by atoms with van der Waals surface area (Å²) in [4.78, 5) is 17.0. The van der Waals surface area contributed by atoms with Crippen LogP contribution in [-0.2, 0) is 11.3 Å². The fourth-order valence-corrected chi connectivity index (χ4v) is 3.91. The highest BCUT2D eigenvalue weighted by atomic mass is 19.1. The zero-order chi connectivity index (χ0) is 18.0. The number of nitrogens with zero attached hydrogens (tertiary/aromatic N) is 5. The van der Waals surface area contributed by atoms with Crippen LogP contribution in [0.1, 0.15) is 25.0 Å². The van der Waals surface area contributed by atoms with Gasteiger partial charge in [0.25, 0.3) is 0 Å². The number of hydrogen-bond acceptors (Lipinski definition) is 6. The Morgan fingerprint density at radius 2 is 2.00 bits per heavy atom. The summed E-state index contributed by atoms with van der Waals surface area (Å²) in [5.41, 5.74) is 1.03. The lowest BCUT2D eigenvalue weighted by atomic mass is 9.87. The van der Waals surface area contributed by atoms with E-state index in [1.165, 1.54) is 12.4 Å². The van der Waals surface area contributed by atoms with Crippen LogP contribution in [0.15, 0.2) is 36.8 Å². The molecule has 4 heterocycles. The third-order valence-corrected chi connectivity index (χ3v) is 5.51. The molecule has 138 valence electrons. The molecule has 1 atom stereocenters. The van der Waals surface area contributed by atoms with Crippen LogP contribution in [0.3, 0.4) is 0 Å². The van der Waals surface area contributed by atoms with E-state index in [0.29, 0.717) is 12.0 Å². The first-order valence-electron chi connectivity index (χ1n) is 9.10. The molecule has 0 aliphatic carbocycles. The molecule has 0 amide bonds. The lowest BCUT2D eigenvalue weighted by Crippen LogP contribution is -2.45. The summed E-state index contributed by atoms with van der Waals surface area (Å²) in [6.07, 6.45) is 7.21. The molecule has 26 heavy (non-hydrogen) atoms. The third kappa shape index (κ3) is 3.68. The highest BCUT2D eigenvalue weighted by molar-refractivity contribution is 5.30. The second-order valence-corrected chi connectivity index (χ2v) is 7.28. The van der Waals surface area contributed by atoms with Crippen molar-refractivity contribution < 1.29 is 9.13 Å². The highest BCUT2D eigenvalue weighted by Gasteiger charge is 2.44. The minimum absolute atomic E-state index is 0.0560. The van der Waals surface area contributed by atoms with Gasteiger partial charge in [0.1, 0.15) is 0 Å². The fraction of sp³-hybridized carbons (Fsp3) is 0.526. The topological polar surface area (TPSA) is 54.4 Å². The number of piperidine rings is 1. The molecule has 2 aliphatic heterocycles. The smallest absolute Gasteiger partial charge is 0.225 e. The average molecular weight is 357 g/mol. The summed E-state index contributed by atoms with van der Waals surface area (Å²) in [5.74, 6) is 0.197. The minimum Gasteiger partial charge on any atom is -0.373 e. The standard InChI is InChI=1S/C19H24FN5O/c1-24(13-16-4-2-3-7-21-16)17-10-19(26-14-17)5-8-25(9-6-19)18-22-11-15(20)12-23-18/h2-4,7,11-12,17H,5-6,8-10,13-14H2,1H3. The van der Waals surface area contributed by atoms with Crippen molar-refractivity contribution in [1.29, 1.82) is 0 Å². The summed E-state index contributed by atoms with van der Waals surface area (Å²) in [6.45, 7) is 3.27. The Balaban J connectivity index is 1.33. The molecule has 7 heteroatoms. The molecule has 4 rings (SSSR count). The molecule has 1 spiro atoms. The molecule has 1 unspecified atom stereocenters. The average Bonchev–Trinajstić information content (AvgIpc) is 3.08. The van der Waals surface area contributed by atoms with Gasteiger partial charge in [-0.2, -0.15) is 0 Å². The molecule has 0 bridgehead atoms. The van der Waals surface area contributed by atoms with Crippen molar-refractivity contribution in [3.8, 4) is 0 Å². The number of hydrogen-bond donors (Lipinski definition) is 0. The van der Waals surface area contributed by atoms with Crippen LogP contribution >= 0.6 is 0 Å². The number of aromatic nitrogens is 3. The van der Waals surface area contributed by atoms with Gasteiger partial charge < -0.3 is 9.64 Å². The van der Waals surface area contributed by atoms with Crippen molar-refractivity contribution in [1.82, 2.24) is 19.9 Å². The van der Waals surface area contributed by atoms with Crippen molar-refractivity contribution in [2.24, 2.45) is 0 Å². The molecule has 0 saturated carbocycles. The fourth-order valence-electron chi connectivity index (χ4n) is 3.91. The Bertz CT molecular complexity index is 718. The van der Waals surface area contributed by atoms with Crippen LogP contribution in [-0.4, -0.2) is 58.2 Å². The summed E-state index contributed by atoms with van der Waals surface area (Å²) < 4.78 is 19.3. The first kappa shape index (κ1) is 17.3. The first-order chi connectivity index (χ1) is 12.6. The SMILES string of the molecule is CN(Cc1ccccn1)C1COC2(CCN(c3ncc(F)cn3)CC2)C1. The molecule has 2 aromatic heterocycles. The summed E-state index contributed by atoms with van der Waals surface area (Å²) >= 11 is 0. The maximum absolute atomic E-state index is 13.0. The minimum atomic E-state index is -0.403. The Hall–Kier alpha value is -2.12. The van der Waals surface area contributed by atoms with Crippen LogP contribution in [0.2, 0.25) is 0 Å². The van der Waals surface area contributed by atoms with E-state index in [0.717, 1.165) is 51.2 Å². The van der Waals surface area contributed by atoms with E-state index < -0.39 is 5.82 Å². The van der Waals surface area contributed by atoms with Gasteiger partial charge in [0.2, 0.25) is 5.95 Å². The quantitative estimate of drug-likeness (QED) is 0.837. The van der Waals surface area contributed by atoms with Crippen LogP contribution in [0.4, 0.5) is 10.3 Å². The van der Waals surface area contributed by atoms with E-state index >= 15 is 0 Å². The van der Waals surface area contributed by atoms with Gasteiger partial charge in [-0.05, 0) is 38.4 Å². The van der Waals surface area contributed by atoms with Gasteiger partial charge in [0.05, 0.1) is 30.3 Å². The van der Waals surface area contributed by atoms with Crippen molar-refractivity contribution in [3.63, 3.8) is 0 Å². The second-order valence-electron chi connectivity index (χ2n) is 7.28. The second kappa shape index (κ2) is 7.25. The highest BCUT2D eigenvalue weighted by Crippen LogP contribution is 2.38. The first-order valence-corrected chi connectivity index (χ1v) is 9.10. The van der Waals surface area contributed by atoms with E-state index in [1.807, 2.05) is 18.3 Å². The van der Waals surface area contributed by atoms with Crippen LogP contribution in [0.5, 0.6) is 0 Å². The molecular weight excluding hydrogens is 333 g/mol. The van der Waals surface area contributed by atoms with Crippen molar-refractivity contribution >= 4 is 5.95 Å². The van der Waals surface area contributed by atoms with Gasteiger partial charge in [-0.15, -0.1) is 0 Å². The summed E-state index contributed by atoms with van der Waals surface area (Å²) in [5, 5.41) is 0. The van der Waals surface area contributed by atoms with Crippen molar-refractivity contribution in [2.75, 3.05) is 31.6 Å². The van der Waals surface area contributed by atoms with Gasteiger partial charge in [0, 0.05) is 31.9 Å². The normalized spacial score (nSPS) is 22.3. The Kier molecular flexibility index (Phi) is 4.82. The maximum atomic E-state index is 13.0. The molecule has 2 aliphatic rings. The predicted octanol–water partition coefficient (Wildman–Crippen LogP) is 2.27. The molecule has 2 aromatic rings. The van der Waals surface area contributed by atoms with E-state index in [4.69, 9.17) is 4.74 Å². The van der Waals surface area contributed by atoms with Crippen molar-refractivity contribution in [3.05, 3.63) is 48.3 Å². The zero-order valence-corrected chi connectivity index (χ0v) is 15.0. The van der Waals surface area contributed by atoms with Gasteiger partial charge >= 0.3 is 0 Å². The molecule has 2 saturated heterocycles. The summed E-state index contributed by atoms with van der Waals surface area (Å²) in [6, 6.07) is 6.43. The van der Waals surface area contributed by atoms with Crippen LogP contribution in [0.25, 0.3) is 0 Å². The van der Waals surface area contributed by atoms with E-state index in [2.05, 4.69) is 37.9 Å². The molecule has 0 N–H and O–H groups in total. The number of rotatable bonds is 4. The lowest BCUT2D eigenvalue weighted by molar-refractivity contribution is -0.0159. The maximum Gasteiger partial charge on any atom is 0.225 e. The third-order valence-electron chi connectivity index (χ3n) is 5.51. The monoisotopic (exact) mass is 357 g/mol. The zero-order valence-electron chi connectivity index (χ0n) is 15.0. The Morgan fingerprint density at radius 1 is 1.23 bits per heavy atom. The van der Waals surface area contributed by atoms with Crippen LogP contribution < -0.4 is 4.90 Å². The molecule has 0 aromatic carbocycles. The number of likely N-dealkylation sites (N-methyl/N-ethyl adjacent to an activating group) is 1. The molecule has 2 fully saturated rings. The number of halogens is 1. The molecule has 0 radical (unpaired) electrons. The van der Waals surface area contributed by atoms with Crippen LogP contribution in [0, 0.1) is 5.82 Å². The van der Waals surface area contributed by atoms with Gasteiger partial charge in [0.15, 0.2) is 5.82 Å². The number of ether oxygens (including phenoxy) is 1. The van der Waals surface area contributed by atoms with Gasteiger partial charge in [-0.3, -0.25) is 9.88 Å². The lowest BCUT2D eigenvalue weighted by Gasteiger charge is -2.38. The largest absolute Gasteiger partial charge is 0.373 e. The molecule has 6 nitrogen and oxygen atoms in total.